The molecule has 0 amide bonds. The molecule has 7 nitrogen and oxygen atoms in total. The number of hydrogen-bond acceptors (Lipinski definition) is 7. The summed E-state index contributed by atoms with van der Waals surface area (Å²) in [4.78, 5) is 10.3. The number of nitro groups is 1. The molecule has 1 aromatic carbocycles. The number of aromatic nitrogens is 2. The van der Waals surface area contributed by atoms with Crippen LogP contribution in [0.4, 0.5) is 10.8 Å². The predicted octanol–water partition coefficient (Wildman–Crippen LogP) is 2.77. The van der Waals surface area contributed by atoms with Gasteiger partial charge in [-0.3, -0.25) is 10.1 Å². The van der Waals surface area contributed by atoms with Crippen molar-refractivity contribution in [2.75, 3.05) is 11.9 Å². The number of benzene rings is 1. The van der Waals surface area contributed by atoms with Crippen molar-refractivity contribution in [2.45, 2.75) is 20.5 Å². The van der Waals surface area contributed by atoms with E-state index >= 15 is 0 Å². The van der Waals surface area contributed by atoms with E-state index in [2.05, 4.69) is 15.5 Å². The second-order valence-corrected chi connectivity index (χ2v) is 5.09. The van der Waals surface area contributed by atoms with Crippen LogP contribution >= 0.6 is 11.3 Å². The summed E-state index contributed by atoms with van der Waals surface area (Å²) >= 11 is 1.42. The number of nitro benzene ring substituents is 1. The third-order valence-corrected chi connectivity index (χ3v) is 3.38. The van der Waals surface area contributed by atoms with Crippen molar-refractivity contribution in [1.29, 1.82) is 0 Å². The van der Waals surface area contributed by atoms with Crippen molar-refractivity contribution >= 4 is 22.2 Å². The van der Waals surface area contributed by atoms with Crippen LogP contribution in [0.5, 0.6) is 5.75 Å². The van der Waals surface area contributed by atoms with Crippen LogP contribution < -0.4 is 10.1 Å². The normalized spacial score (nSPS) is 10.3. The lowest BCUT2D eigenvalue weighted by Gasteiger charge is -2.04. The summed E-state index contributed by atoms with van der Waals surface area (Å²) < 4.78 is 5.56. The molecule has 1 aromatic heterocycles. The number of hydrogen-bond donors (Lipinski definition) is 1. The van der Waals surface area contributed by atoms with Gasteiger partial charge in [0, 0.05) is 18.2 Å². The lowest BCUT2D eigenvalue weighted by atomic mass is 10.2. The molecule has 0 fully saturated rings. The Labute approximate surface area is 119 Å². The molecule has 0 atom stereocenters. The molecule has 0 saturated carbocycles. The van der Waals surface area contributed by atoms with Gasteiger partial charge in [0.15, 0.2) is 5.01 Å². The summed E-state index contributed by atoms with van der Waals surface area (Å²) in [5.74, 6) is 0.577. The number of nitrogens with one attached hydrogen (secondary N) is 1. The Morgan fingerprint density at radius 1 is 1.45 bits per heavy atom. The van der Waals surface area contributed by atoms with Gasteiger partial charge >= 0.3 is 0 Å². The summed E-state index contributed by atoms with van der Waals surface area (Å²) in [6, 6.07) is 4.66. The first kappa shape index (κ1) is 14.2. The van der Waals surface area contributed by atoms with Crippen molar-refractivity contribution in [1.82, 2.24) is 10.2 Å². The maximum Gasteiger partial charge on any atom is 0.272 e. The zero-order chi connectivity index (χ0) is 14.5. The van der Waals surface area contributed by atoms with Crippen LogP contribution in [-0.4, -0.2) is 21.7 Å². The third kappa shape index (κ3) is 3.41. The topological polar surface area (TPSA) is 90.2 Å². The standard InChI is InChI=1S/C12H14N4O3S/c1-3-13-12-15-14-11(20-12)7-19-9-4-5-10(16(17)18)8(2)6-9/h4-6H,3,7H2,1-2H3,(H,13,15). The van der Waals surface area contributed by atoms with Crippen molar-refractivity contribution in [3.63, 3.8) is 0 Å². The molecule has 0 aliphatic carbocycles. The van der Waals surface area contributed by atoms with Gasteiger partial charge in [0.2, 0.25) is 5.13 Å². The van der Waals surface area contributed by atoms with Crippen LogP contribution in [0.2, 0.25) is 0 Å². The Morgan fingerprint density at radius 3 is 2.90 bits per heavy atom. The van der Waals surface area contributed by atoms with Gasteiger partial charge in [0.25, 0.3) is 5.69 Å². The second kappa shape index (κ2) is 6.29. The van der Waals surface area contributed by atoms with Gasteiger partial charge in [0.05, 0.1) is 4.92 Å². The van der Waals surface area contributed by atoms with Gasteiger partial charge in [0.1, 0.15) is 12.4 Å². The second-order valence-electron chi connectivity index (χ2n) is 4.03. The smallest absolute Gasteiger partial charge is 0.272 e. The van der Waals surface area contributed by atoms with E-state index in [9.17, 15) is 10.1 Å². The van der Waals surface area contributed by atoms with Crippen LogP contribution in [0.15, 0.2) is 18.2 Å². The fourth-order valence-electron chi connectivity index (χ4n) is 1.60. The van der Waals surface area contributed by atoms with Gasteiger partial charge in [-0.1, -0.05) is 11.3 Å². The average Bonchev–Trinajstić information content (AvgIpc) is 2.84. The van der Waals surface area contributed by atoms with Crippen LogP contribution in [0.1, 0.15) is 17.5 Å². The van der Waals surface area contributed by atoms with Gasteiger partial charge in [-0.2, -0.15) is 0 Å². The molecule has 0 spiro atoms. The molecule has 0 bridgehead atoms. The number of ether oxygens (including phenoxy) is 1. The van der Waals surface area contributed by atoms with E-state index in [1.807, 2.05) is 6.92 Å². The number of anilines is 1. The van der Waals surface area contributed by atoms with Crippen LogP contribution in [0.25, 0.3) is 0 Å². The molecule has 2 rings (SSSR count). The quantitative estimate of drug-likeness (QED) is 0.650. The highest BCUT2D eigenvalue weighted by atomic mass is 32.1. The molecular formula is C12H14N4O3S. The maximum atomic E-state index is 10.7. The molecule has 20 heavy (non-hydrogen) atoms. The molecule has 1 N–H and O–H groups in total. The first-order valence-electron chi connectivity index (χ1n) is 6.04. The lowest BCUT2D eigenvalue weighted by molar-refractivity contribution is -0.385. The Kier molecular flexibility index (Phi) is 4.46. The molecule has 0 aliphatic heterocycles. The van der Waals surface area contributed by atoms with Crippen molar-refractivity contribution in [3.8, 4) is 5.75 Å². The highest BCUT2D eigenvalue weighted by molar-refractivity contribution is 7.15. The Bertz CT molecular complexity index is 614. The predicted molar refractivity (Wildman–Crippen MR) is 76.2 cm³/mol. The van der Waals surface area contributed by atoms with Crippen molar-refractivity contribution in [3.05, 3.63) is 38.9 Å². The van der Waals surface area contributed by atoms with E-state index in [4.69, 9.17) is 4.74 Å². The Balaban J connectivity index is 1.99. The molecule has 2 aromatic rings. The summed E-state index contributed by atoms with van der Waals surface area (Å²) in [5.41, 5.74) is 0.654. The lowest BCUT2D eigenvalue weighted by Crippen LogP contribution is -1.97. The molecule has 0 radical (unpaired) electrons. The fraction of sp³-hybridized carbons (Fsp3) is 0.333. The van der Waals surface area contributed by atoms with E-state index in [0.29, 0.717) is 17.9 Å². The first-order valence-corrected chi connectivity index (χ1v) is 6.86. The van der Waals surface area contributed by atoms with Crippen LogP contribution in [-0.2, 0) is 6.61 Å². The maximum absolute atomic E-state index is 10.7. The van der Waals surface area contributed by atoms with E-state index in [-0.39, 0.29) is 5.69 Å². The molecular weight excluding hydrogens is 280 g/mol. The number of aryl methyl sites for hydroxylation is 1. The van der Waals surface area contributed by atoms with E-state index in [1.165, 1.54) is 17.4 Å². The minimum Gasteiger partial charge on any atom is -0.486 e. The van der Waals surface area contributed by atoms with Gasteiger partial charge in [-0.05, 0) is 26.0 Å². The molecule has 8 heteroatoms. The first-order chi connectivity index (χ1) is 9.60. The van der Waals surface area contributed by atoms with Gasteiger partial charge in [-0.15, -0.1) is 10.2 Å². The van der Waals surface area contributed by atoms with E-state index < -0.39 is 4.92 Å². The zero-order valence-corrected chi connectivity index (χ0v) is 11.9. The molecule has 0 saturated heterocycles. The highest BCUT2D eigenvalue weighted by Crippen LogP contribution is 2.24. The monoisotopic (exact) mass is 294 g/mol. The average molecular weight is 294 g/mol. The largest absolute Gasteiger partial charge is 0.486 e. The van der Waals surface area contributed by atoms with E-state index in [0.717, 1.165) is 16.7 Å². The zero-order valence-electron chi connectivity index (χ0n) is 11.1. The molecule has 0 aliphatic rings. The molecule has 106 valence electrons. The SMILES string of the molecule is CCNc1nnc(COc2ccc([N+](=O)[O-])c(C)c2)s1. The number of rotatable bonds is 6. The summed E-state index contributed by atoms with van der Waals surface area (Å²) in [6.07, 6.45) is 0. The van der Waals surface area contributed by atoms with Crippen molar-refractivity contribution in [2.24, 2.45) is 0 Å². The minimum absolute atomic E-state index is 0.0858. The van der Waals surface area contributed by atoms with Gasteiger partial charge in [-0.25, -0.2) is 0 Å². The van der Waals surface area contributed by atoms with E-state index in [1.54, 1.807) is 19.1 Å². The summed E-state index contributed by atoms with van der Waals surface area (Å²) in [7, 11) is 0. The Morgan fingerprint density at radius 2 is 2.25 bits per heavy atom. The van der Waals surface area contributed by atoms with Crippen molar-refractivity contribution < 1.29 is 9.66 Å². The molecule has 1 heterocycles. The summed E-state index contributed by atoms with van der Waals surface area (Å²) in [6.45, 7) is 4.74. The minimum atomic E-state index is -0.410. The van der Waals surface area contributed by atoms with Crippen LogP contribution in [0, 0.1) is 17.0 Å². The number of nitrogens with zero attached hydrogens (tertiary/aromatic N) is 3. The highest BCUT2D eigenvalue weighted by Gasteiger charge is 2.11. The van der Waals surface area contributed by atoms with Crippen LogP contribution in [0.3, 0.4) is 0 Å². The fourth-order valence-corrected chi connectivity index (χ4v) is 2.32. The summed E-state index contributed by atoms with van der Waals surface area (Å²) in [5, 5.41) is 23.2. The Hall–Kier alpha value is -2.22. The van der Waals surface area contributed by atoms with Gasteiger partial charge < -0.3 is 10.1 Å². The molecule has 0 unspecified atom stereocenters. The third-order valence-electron chi connectivity index (χ3n) is 2.52.